The molecule has 14 heavy (non-hydrogen) atoms. The van der Waals surface area contributed by atoms with E-state index in [1.54, 1.807) is 6.07 Å². The molecule has 0 atom stereocenters. The number of nitrogens with one attached hydrogen (secondary N) is 1. The van der Waals surface area contributed by atoms with Crippen molar-refractivity contribution < 1.29 is 4.92 Å². The fourth-order valence-electron chi connectivity index (χ4n) is 1.01. The van der Waals surface area contributed by atoms with Gasteiger partial charge in [0.25, 0.3) is 5.69 Å². The molecule has 0 aliphatic rings. The van der Waals surface area contributed by atoms with Crippen LogP contribution in [0.1, 0.15) is 6.92 Å². The van der Waals surface area contributed by atoms with Crippen LogP contribution < -0.4 is 5.32 Å². The molecule has 0 unspecified atom stereocenters. The average Bonchev–Trinajstić information content (AvgIpc) is 2.11. The highest BCUT2D eigenvalue weighted by Gasteiger charge is 2.16. The van der Waals surface area contributed by atoms with E-state index in [1.165, 1.54) is 6.07 Å². The lowest BCUT2D eigenvalue weighted by Gasteiger charge is -2.04. The summed E-state index contributed by atoms with van der Waals surface area (Å²) in [7, 11) is 0. The van der Waals surface area contributed by atoms with Gasteiger partial charge in [-0.1, -0.05) is 23.2 Å². The van der Waals surface area contributed by atoms with Crippen molar-refractivity contribution in [1.29, 1.82) is 0 Å². The fourth-order valence-corrected chi connectivity index (χ4v) is 1.41. The second kappa shape index (κ2) is 4.48. The topological polar surface area (TPSA) is 55.2 Å². The van der Waals surface area contributed by atoms with Gasteiger partial charge in [-0.25, -0.2) is 0 Å². The molecule has 0 radical (unpaired) electrons. The number of hydrogen-bond acceptors (Lipinski definition) is 3. The summed E-state index contributed by atoms with van der Waals surface area (Å²) in [5.74, 6) is 0. The molecule has 1 N–H and O–H groups in total. The quantitative estimate of drug-likeness (QED) is 0.645. The molecule has 0 aromatic heterocycles. The molecular formula is C8H8Cl2N2O2. The highest BCUT2D eigenvalue weighted by Crippen LogP contribution is 2.34. The molecule has 0 aliphatic carbocycles. The Morgan fingerprint density at radius 1 is 1.50 bits per heavy atom. The summed E-state index contributed by atoms with van der Waals surface area (Å²) in [6, 6.07) is 2.91. The monoisotopic (exact) mass is 234 g/mol. The number of anilines is 1. The summed E-state index contributed by atoms with van der Waals surface area (Å²) in [6.07, 6.45) is 0. The van der Waals surface area contributed by atoms with Crippen LogP contribution in [0.25, 0.3) is 0 Å². The minimum atomic E-state index is -0.560. The van der Waals surface area contributed by atoms with E-state index in [9.17, 15) is 10.1 Å². The smallest absolute Gasteiger partial charge is 0.291 e. The molecule has 0 spiro atoms. The Bertz CT molecular complexity index is 369. The van der Waals surface area contributed by atoms with Crippen molar-refractivity contribution in [2.24, 2.45) is 0 Å². The maximum atomic E-state index is 10.6. The Hall–Kier alpha value is -1.00. The van der Waals surface area contributed by atoms with Crippen molar-refractivity contribution >= 4 is 34.6 Å². The second-order valence-electron chi connectivity index (χ2n) is 2.58. The number of rotatable bonds is 3. The molecule has 0 saturated heterocycles. The largest absolute Gasteiger partial charge is 0.385 e. The van der Waals surface area contributed by atoms with Crippen molar-refractivity contribution in [3.8, 4) is 0 Å². The van der Waals surface area contributed by atoms with Crippen molar-refractivity contribution in [2.75, 3.05) is 11.9 Å². The number of nitro groups is 1. The standard InChI is InChI=1S/C8H8Cl2N2O2/c1-2-11-5-3-6(9)8(10)7(4-5)12(13)14/h3-4,11H,2H2,1H3. The third kappa shape index (κ3) is 2.27. The number of nitrogens with zero attached hydrogens (tertiary/aromatic N) is 1. The van der Waals surface area contributed by atoms with Gasteiger partial charge in [-0.3, -0.25) is 10.1 Å². The predicted octanol–water partition coefficient (Wildman–Crippen LogP) is 3.33. The molecule has 1 aromatic rings. The van der Waals surface area contributed by atoms with E-state index < -0.39 is 4.92 Å². The maximum Gasteiger partial charge on any atom is 0.291 e. The minimum Gasteiger partial charge on any atom is -0.385 e. The van der Waals surface area contributed by atoms with E-state index in [2.05, 4.69) is 5.32 Å². The molecule has 0 heterocycles. The van der Waals surface area contributed by atoms with Crippen LogP contribution in [-0.4, -0.2) is 11.5 Å². The molecular weight excluding hydrogens is 227 g/mol. The van der Waals surface area contributed by atoms with E-state index in [-0.39, 0.29) is 15.7 Å². The Morgan fingerprint density at radius 2 is 2.14 bits per heavy atom. The molecule has 0 amide bonds. The van der Waals surface area contributed by atoms with E-state index in [4.69, 9.17) is 23.2 Å². The van der Waals surface area contributed by atoms with Crippen LogP contribution in [0, 0.1) is 10.1 Å². The lowest BCUT2D eigenvalue weighted by atomic mass is 10.3. The van der Waals surface area contributed by atoms with Crippen LogP contribution in [0.15, 0.2) is 12.1 Å². The van der Waals surface area contributed by atoms with Crippen molar-refractivity contribution in [3.05, 3.63) is 32.3 Å². The van der Waals surface area contributed by atoms with Crippen molar-refractivity contribution in [2.45, 2.75) is 6.92 Å². The summed E-state index contributed by atoms with van der Waals surface area (Å²) in [4.78, 5) is 10.0. The van der Waals surface area contributed by atoms with Gasteiger partial charge in [0.15, 0.2) is 0 Å². The first-order valence-electron chi connectivity index (χ1n) is 3.93. The lowest BCUT2D eigenvalue weighted by Crippen LogP contribution is -1.98. The van der Waals surface area contributed by atoms with Gasteiger partial charge in [-0.05, 0) is 13.0 Å². The van der Waals surface area contributed by atoms with Gasteiger partial charge in [0.1, 0.15) is 5.02 Å². The van der Waals surface area contributed by atoms with Gasteiger partial charge in [0, 0.05) is 18.3 Å². The van der Waals surface area contributed by atoms with Crippen LogP contribution in [0.3, 0.4) is 0 Å². The molecule has 0 bridgehead atoms. The first kappa shape index (κ1) is 11.1. The van der Waals surface area contributed by atoms with Gasteiger partial charge in [-0.15, -0.1) is 0 Å². The predicted molar refractivity (Wildman–Crippen MR) is 57.3 cm³/mol. The van der Waals surface area contributed by atoms with Crippen LogP contribution >= 0.6 is 23.2 Å². The fraction of sp³-hybridized carbons (Fsp3) is 0.250. The molecule has 6 heteroatoms. The average molecular weight is 235 g/mol. The zero-order chi connectivity index (χ0) is 10.7. The number of halogens is 2. The van der Waals surface area contributed by atoms with E-state index in [1.807, 2.05) is 6.92 Å². The normalized spacial score (nSPS) is 9.93. The Morgan fingerprint density at radius 3 is 2.64 bits per heavy atom. The molecule has 0 fully saturated rings. The highest BCUT2D eigenvalue weighted by atomic mass is 35.5. The minimum absolute atomic E-state index is 0.0293. The Labute approximate surface area is 91.0 Å². The van der Waals surface area contributed by atoms with Crippen molar-refractivity contribution in [3.63, 3.8) is 0 Å². The van der Waals surface area contributed by atoms with Gasteiger partial charge < -0.3 is 5.32 Å². The Balaban J connectivity index is 3.21. The number of hydrogen-bond donors (Lipinski definition) is 1. The lowest BCUT2D eigenvalue weighted by molar-refractivity contribution is -0.384. The van der Waals surface area contributed by atoms with Crippen molar-refractivity contribution in [1.82, 2.24) is 0 Å². The molecule has 1 aromatic carbocycles. The second-order valence-corrected chi connectivity index (χ2v) is 3.36. The summed E-state index contributed by atoms with van der Waals surface area (Å²) >= 11 is 11.4. The molecule has 0 aliphatic heterocycles. The van der Waals surface area contributed by atoms with Crippen LogP contribution in [0.5, 0.6) is 0 Å². The van der Waals surface area contributed by atoms with E-state index in [0.29, 0.717) is 12.2 Å². The van der Waals surface area contributed by atoms with E-state index >= 15 is 0 Å². The summed E-state index contributed by atoms with van der Waals surface area (Å²) in [5, 5.41) is 13.6. The first-order chi connectivity index (χ1) is 6.56. The van der Waals surface area contributed by atoms with Gasteiger partial charge in [-0.2, -0.15) is 0 Å². The van der Waals surface area contributed by atoms with Crippen LogP contribution in [0.2, 0.25) is 10.0 Å². The highest BCUT2D eigenvalue weighted by molar-refractivity contribution is 6.43. The number of benzene rings is 1. The van der Waals surface area contributed by atoms with Crippen LogP contribution in [0.4, 0.5) is 11.4 Å². The Kier molecular flexibility index (Phi) is 3.55. The third-order valence-corrected chi connectivity index (χ3v) is 2.38. The number of nitro benzene ring substituents is 1. The van der Waals surface area contributed by atoms with E-state index in [0.717, 1.165) is 0 Å². The summed E-state index contributed by atoms with van der Waals surface area (Å²) in [6.45, 7) is 2.55. The van der Waals surface area contributed by atoms with Gasteiger partial charge >= 0.3 is 0 Å². The molecule has 1 rings (SSSR count). The SMILES string of the molecule is CCNc1cc(Cl)c(Cl)c([N+](=O)[O-])c1. The third-order valence-electron chi connectivity index (χ3n) is 1.59. The maximum absolute atomic E-state index is 10.6. The molecule has 0 saturated carbocycles. The zero-order valence-corrected chi connectivity index (χ0v) is 8.89. The van der Waals surface area contributed by atoms with Gasteiger partial charge in [0.2, 0.25) is 0 Å². The first-order valence-corrected chi connectivity index (χ1v) is 4.69. The summed E-state index contributed by atoms with van der Waals surface area (Å²) < 4.78 is 0. The molecule has 4 nitrogen and oxygen atoms in total. The van der Waals surface area contributed by atoms with Crippen LogP contribution in [-0.2, 0) is 0 Å². The van der Waals surface area contributed by atoms with Gasteiger partial charge in [0.05, 0.1) is 9.95 Å². The summed E-state index contributed by atoms with van der Waals surface area (Å²) in [5.41, 5.74) is 0.406. The molecule has 76 valence electrons. The zero-order valence-electron chi connectivity index (χ0n) is 7.38.